The second kappa shape index (κ2) is 3.35. The summed E-state index contributed by atoms with van der Waals surface area (Å²) in [6, 6.07) is 0. The Bertz CT molecular complexity index is 332. The standard InChI is InChI=1S/C6H10N6S/c1-5-2-11(3-8-5)13-6-10-9-4-12(6)7/h4H,2-3,7H2,1H3. The molecule has 1 aliphatic heterocycles. The average Bonchev–Trinajstić information content (AvgIpc) is 2.64. The molecule has 0 fully saturated rings. The van der Waals surface area contributed by atoms with Gasteiger partial charge in [0.15, 0.2) is 0 Å². The van der Waals surface area contributed by atoms with E-state index in [4.69, 9.17) is 5.84 Å². The van der Waals surface area contributed by atoms with Crippen molar-refractivity contribution in [1.29, 1.82) is 0 Å². The van der Waals surface area contributed by atoms with E-state index in [0.717, 1.165) is 12.3 Å². The number of rotatable bonds is 2. The summed E-state index contributed by atoms with van der Waals surface area (Å²) in [5, 5.41) is 8.23. The number of nitrogens with two attached hydrogens (primary N) is 1. The Morgan fingerprint density at radius 2 is 2.46 bits per heavy atom. The molecule has 0 spiro atoms. The lowest BCUT2D eigenvalue weighted by Gasteiger charge is -2.10. The molecule has 0 aliphatic carbocycles. The van der Waals surface area contributed by atoms with Gasteiger partial charge in [-0.15, -0.1) is 10.2 Å². The van der Waals surface area contributed by atoms with Gasteiger partial charge in [0.25, 0.3) is 0 Å². The molecular weight excluding hydrogens is 188 g/mol. The van der Waals surface area contributed by atoms with Gasteiger partial charge in [0.1, 0.15) is 13.0 Å². The lowest BCUT2D eigenvalue weighted by atomic mass is 10.4. The Kier molecular flexibility index (Phi) is 2.19. The monoisotopic (exact) mass is 198 g/mol. The zero-order chi connectivity index (χ0) is 9.26. The predicted octanol–water partition coefficient (Wildman–Crippen LogP) is -0.267. The van der Waals surface area contributed by atoms with Gasteiger partial charge in [-0.25, -0.2) is 8.98 Å². The van der Waals surface area contributed by atoms with Crippen molar-refractivity contribution in [2.45, 2.75) is 12.1 Å². The van der Waals surface area contributed by atoms with E-state index in [-0.39, 0.29) is 0 Å². The molecule has 1 aliphatic rings. The summed E-state index contributed by atoms with van der Waals surface area (Å²) in [6.07, 6.45) is 1.48. The van der Waals surface area contributed by atoms with E-state index < -0.39 is 0 Å². The third kappa shape index (κ3) is 1.81. The number of hydrogen-bond acceptors (Lipinski definition) is 6. The molecule has 6 nitrogen and oxygen atoms in total. The summed E-state index contributed by atoms with van der Waals surface area (Å²) < 4.78 is 3.47. The molecule has 7 heteroatoms. The first-order valence-electron chi connectivity index (χ1n) is 3.83. The Morgan fingerprint density at radius 3 is 3.00 bits per heavy atom. The summed E-state index contributed by atoms with van der Waals surface area (Å²) in [5.41, 5.74) is 1.13. The van der Waals surface area contributed by atoms with Crippen LogP contribution in [0.3, 0.4) is 0 Å². The van der Waals surface area contributed by atoms with Crippen molar-refractivity contribution in [3.8, 4) is 0 Å². The quantitative estimate of drug-likeness (QED) is 0.523. The highest BCUT2D eigenvalue weighted by atomic mass is 32.2. The Hall–Kier alpha value is -1.08. The fourth-order valence-corrected chi connectivity index (χ4v) is 1.85. The van der Waals surface area contributed by atoms with Crippen molar-refractivity contribution in [3.05, 3.63) is 6.33 Å². The topological polar surface area (TPSA) is 72.3 Å². The minimum atomic E-state index is 0.685. The van der Waals surface area contributed by atoms with Crippen LogP contribution in [0.15, 0.2) is 16.5 Å². The van der Waals surface area contributed by atoms with E-state index in [2.05, 4.69) is 19.5 Å². The van der Waals surface area contributed by atoms with Crippen molar-refractivity contribution in [3.63, 3.8) is 0 Å². The lowest BCUT2D eigenvalue weighted by Crippen LogP contribution is -2.17. The highest BCUT2D eigenvalue weighted by molar-refractivity contribution is 7.96. The molecule has 0 radical (unpaired) electrons. The van der Waals surface area contributed by atoms with Gasteiger partial charge in [-0.1, -0.05) is 0 Å². The Morgan fingerprint density at radius 1 is 1.62 bits per heavy atom. The summed E-state index contributed by atoms with van der Waals surface area (Å²) in [7, 11) is 0. The third-order valence-corrected chi connectivity index (χ3v) is 2.61. The average molecular weight is 198 g/mol. The zero-order valence-electron chi connectivity index (χ0n) is 7.21. The fraction of sp³-hybridized carbons (Fsp3) is 0.500. The predicted molar refractivity (Wildman–Crippen MR) is 50.7 cm³/mol. The first kappa shape index (κ1) is 8.52. The molecule has 1 aromatic rings. The van der Waals surface area contributed by atoms with Crippen molar-refractivity contribution < 1.29 is 0 Å². The number of nitrogen functional groups attached to an aromatic ring is 1. The van der Waals surface area contributed by atoms with Gasteiger partial charge < -0.3 is 5.84 Å². The van der Waals surface area contributed by atoms with Gasteiger partial charge in [-0.2, -0.15) is 0 Å². The van der Waals surface area contributed by atoms with E-state index in [1.807, 2.05) is 6.92 Å². The van der Waals surface area contributed by atoms with Crippen LogP contribution in [0.25, 0.3) is 0 Å². The first-order chi connectivity index (χ1) is 6.25. The van der Waals surface area contributed by atoms with Crippen LogP contribution in [0.1, 0.15) is 6.92 Å². The molecule has 0 atom stereocenters. The first-order valence-corrected chi connectivity index (χ1v) is 4.61. The largest absolute Gasteiger partial charge is 0.336 e. The van der Waals surface area contributed by atoms with Gasteiger partial charge in [0, 0.05) is 24.2 Å². The van der Waals surface area contributed by atoms with Crippen LogP contribution in [0.2, 0.25) is 0 Å². The fourth-order valence-electron chi connectivity index (χ4n) is 1.03. The zero-order valence-corrected chi connectivity index (χ0v) is 8.03. The van der Waals surface area contributed by atoms with Crippen LogP contribution in [0, 0.1) is 0 Å². The maximum Gasteiger partial charge on any atom is 0.224 e. The minimum Gasteiger partial charge on any atom is -0.336 e. The SMILES string of the molecule is CC1=NCN(Sc2nncn2N)C1. The normalized spacial score (nSPS) is 17.8. The maximum atomic E-state index is 5.56. The number of aliphatic imine (C=N–C) groups is 1. The number of aromatic nitrogens is 3. The summed E-state index contributed by atoms with van der Waals surface area (Å²) >= 11 is 1.47. The van der Waals surface area contributed by atoms with Crippen LogP contribution >= 0.6 is 11.9 Å². The van der Waals surface area contributed by atoms with Crippen LogP contribution in [0.5, 0.6) is 0 Å². The van der Waals surface area contributed by atoms with Gasteiger partial charge >= 0.3 is 0 Å². The van der Waals surface area contributed by atoms with Gasteiger partial charge in [0.2, 0.25) is 5.16 Å². The third-order valence-electron chi connectivity index (χ3n) is 1.65. The molecule has 0 saturated carbocycles. The Balaban J connectivity index is 1.97. The van der Waals surface area contributed by atoms with Crippen molar-refractivity contribution in [2.75, 3.05) is 19.1 Å². The van der Waals surface area contributed by atoms with Crippen LogP contribution in [-0.2, 0) is 0 Å². The van der Waals surface area contributed by atoms with Crippen LogP contribution < -0.4 is 5.84 Å². The van der Waals surface area contributed by atoms with Gasteiger partial charge in [-0.05, 0) is 6.92 Å². The molecule has 0 saturated heterocycles. The molecule has 0 bridgehead atoms. The van der Waals surface area contributed by atoms with E-state index >= 15 is 0 Å². The minimum absolute atomic E-state index is 0.685. The molecule has 70 valence electrons. The lowest BCUT2D eigenvalue weighted by molar-refractivity contribution is 0.581. The van der Waals surface area contributed by atoms with E-state index in [0.29, 0.717) is 11.8 Å². The second-order valence-corrected chi connectivity index (χ2v) is 3.85. The smallest absolute Gasteiger partial charge is 0.224 e. The van der Waals surface area contributed by atoms with E-state index in [9.17, 15) is 0 Å². The molecule has 0 amide bonds. The summed E-state index contributed by atoms with van der Waals surface area (Å²) in [4.78, 5) is 4.25. The molecule has 0 aromatic carbocycles. The highest BCUT2D eigenvalue weighted by Gasteiger charge is 2.16. The summed E-state index contributed by atoms with van der Waals surface area (Å²) in [5.74, 6) is 5.56. The van der Waals surface area contributed by atoms with E-state index in [1.165, 1.54) is 23.0 Å². The van der Waals surface area contributed by atoms with E-state index in [1.54, 1.807) is 0 Å². The van der Waals surface area contributed by atoms with Crippen molar-refractivity contribution in [1.82, 2.24) is 19.2 Å². The second-order valence-electron chi connectivity index (χ2n) is 2.79. The van der Waals surface area contributed by atoms with Gasteiger partial charge in [-0.3, -0.25) is 4.99 Å². The highest BCUT2D eigenvalue weighted by Crippen LogP contribution is 2.20. The molecule has 13 heavy (non-hydrogen) atoms. The Labute approximate surface area is 79.9 Å². The molecule has 2 rings (SSSR count). The van der Waals surface area contributed by atoms with Gasteiger partial charge in [0.05, 0.1) is 0 Å². The maximum absolute atomic E-state index is 5.56. The molecule has 2 N–H and O–H groups in total. The van der Waals surface area contributed by atoms with Crippen LogP contribution in [-0.4, -0.2) is 38.1 Å². The summed E-state index contributed by atoms with van der Waals surface area (Å²) in [6.45, 7) is 3.56. The molecular formula is C6H10N6S. The van der Waals surface area contributed by atoms with Crippen molar-refractivity contribution in [2.24, 2.45) is 4.99 Å². The molecule has 1 aromatic heterocycles. The number of hydrogen-bond donors (Lipinski definition) is 1. The van der Waals surface area contributed by atoms with Crippen LogP contribution in [0.4, 0.5) is 0 Å². The molecule has 2 heterocycles. The van der Waals surface area contributed by atoms with Crippen molar-refractivity contribution >= 4 is 17.7 Å². The molecule has 0 unspecified atom stereocenters. The number of nitrogens with zero attached hydrogens (tertiary/aromatic N) is 5.